The molecule has 5 heteroatoms. The van der Waals surface area contributed by atoms with E-state index in [1.54, 1.807) is 4.68 Å². The van der Waals surface area contributed by atoms with Gasteiger partial charge in [0.15, 0.2) is 6.29 Å². The standard InChI is InChI=1S/C16H21N3O2/c1-2-4-12-5-7-13(8-6-12)15-14(11-21)16(17)19(18-15)9-3-10-20/h5-8,11,20H,2-4,9-10,17H2,1H3. The van der Waals surface area contributed by atoms with Gasteiger partial charge in [-0.2, -0.15) is 5.10 Å². The normalized spacial score (nSPS) is 10.8. The average molecular weight is 287 g/mol. The maximum atomic E-state index is 11.3. The van der Waals surface area contributed by atoms with Gasteiger partial charge in [-0.1, -0.05) is 37.6 Å². The molecule has 112 valence electrons. The summed E-state index contributed by atoms with van der Waals surface area (Å²) in [4.78, 5) is 11.3. The molecule has 3 N–H and O–H groups in total. The van der Waals surface area contributed by atoms with Crippen molar-refractivity contribution < 1.29 is 9.90 Å². The molecule has 1 aromatic carbocycles. The Morgan fingerprint density at radius 1 is 1.33 bits per heavy atom. The monoisotopic (exact) mass is 287 g/mol. The summed E-state index contributed by atoms with van der Waals surface area (Å²) in [5.74, 6) is 0.353. The van der Waals surface area contributed by atoms with Gasteiger partial charge in [0.1, 0.15) is 11.5 Å². The zero-order chi connectivity index (χ0) is 15.2. The highest BCUT2D eigenvalue weighted by Gasteiger charge is 2.16. The first kappa shape index (κ1) is 15.3. The first-order valence-electron chi connectivity index (χ1n) is 7.22. The summed E-state index contributed by atoms with van der Waals surface area (Å²) in [5.41, 5.74) is 9.12. The maximum Gasteiger partial charge on any atom is 0.156 e. The molecule has 5 nitrogen and oxygen atoms in total. The summed E-state index contributed by atoms with van der Waals surface area (Å²) in [6, 6.07) is 8.04. The van der Waals surface area contributed by atoms with Gasteiger partial charge in [0.05, 0.1) is 5.56 Å². The summed E-state index contributed by atoms with van der Waals surface area (Å²) in [7, 11) is 0. The van der Waals surface area contributed by atoms with Gasteiger partial charge in [-0.15, -0.1) is 0 Å². The molecule has 0 unspecified atom stereocenters. The number of carbonyl (C=O) groups is 1. The highest BCUT2D eigenvalue weighted by molar-refractivity contribution is 5.91. The summed E-state index contributed by atoms with van der Waals surface area (Å²) >= 11 is 0. The number of aldehydes is 1. The molecular formula is C16H21N3O2. The van der Waals surface area contributed by atoms with E-state index in [0.717, 1.165) is 24.7 Å². The lowest BCUT2D eigenvalue weighted by atomic mass is 10.0. The van der Waals surface area contributed by atoms with Crippen molar-refractivity contribution in [2.24, 2.45) is 0 Å². The van der Waals surface area contributed by atoms with E-state index in [2.05, 4.69) is 24.2 Å². The van der Waals surface area contributed by atoms with E-state index in [9.17, 15) is 4.79 Å². The number of anilines is 1. The van der Waals surface area contributed by atoms with Gasteiger partial charge in [0.25, 0.3) is 0 Å². The molecule has 0 saturated heterocycles. The lowest BCUT2D eigenvalue weighted by Gasteiger charge is -2.02. The number of hydrogen-bond acceptors (Lipinski definition) is 4. The Kier molecular flexibility index (Phi) is 5.11. The second-order valence-electron chi connectivity index (χ2n) is 5.01. The third kappa shape index (κ3) is 3.31. The summed E-state index contributed by atoms with van der Waals surface area (Å²) in [5, 5.41) is 13.3. The first-order chi connectivity index (χ1) is 10.2. The van der Waals surface area contributed by atoms with Gasteiger partial charge in [0, 0.05) is 18.7 Å². The van der Waals surface area contributed by atoms with E-state index in [1.807, 2.05) is 12.1 Å². The van der Waals surface area contributed by atoms with Gasteiger partial charge in [-0.05, 0) is 18.4 Å². The molecule has 0 spiro atoms. The maximum absolute atomic E-state index is 11.3. The Balaban J connectivity index is 2.35. The summed E-state index contributed by atoms with van der Waals surface area (Å²) in [6.07, 6.45) is 3.43. The fraction of sp³-hybridized carbons (Fsp3) is 0.375. The molecule has 0 radical (unpaired) electrons. The Labute approximate surface area is 124 Å². The van der Waals surface area contributed by atoms with E-state index in [4.69, 9.17) is 10.8 Å². The lowest BCUT2D eigenvalue weighted by molar-refractivity contribution is 0.112. The smallest absolute Gasteiger partial charge is 0.156 e. The second-order valence-corrected chi connectivity index (χ2v) is 5.01. The van der Waals surface area contributed by atoms with Crippen LogP contribution >= 0.6 is 0 Å². The van der Waals surface area contributed by atoms with Crippen LogP contribution in [0.2, 0.25) is 0 Å². The number of aromatic nitrogens is 2. The zero-order valence-corrected chi connectivity index (χ0v) is 12.2. The number of aliphatic hydroxyl groups excluding tert-OH is 1. The second kappa shape index (κ2) is 7.04. The third-order valence-electron chi connectivity index (χ3n) is 3.44. The number of nitrogens with two attached hydrogens (primary N) is 1. The molecule has 0 aliphatic carbocycles. The number of hydrogen-bond donors (Lipinski definition) is 2. The molecule has 0 aliphatic heterocycles. The van der Waals surface area contributed by atoms with Crippen LogP contribution in [0.4, 0.5) is 5.82 Å². The molecule has 0 saturated carbocycles. The van der Waals surface area contributed by atoms with Crippen LogP contribution in [0.5, 0.6) is 0 Å². The van der Waals surface area contributed by atoms with Gasteiger partial charge in [-0.25, -0.2) is 4.68 Å². The molecule has 1 aromatic heterocycles. The van der Waals surface area contributed by atoms with E-state index >= 15 is 0 Å². The molecule has 21 heavy (non-hydrogen) atoms. The van der Waals surface area contributed by atoms with Crippen LogP contribution in [-0.2, 0) is 13.0 Å². The minimum Gasteiger partial charge on any atom is -0.396 e. The quantitative estimate of drug-likeness (QED) is 0.765. The summed E-state index contributed by atoms with van der Waals surface area (Å²) < 4.78 is 1.58. The van der Waals surface area contributed by atoms with Crippen molar-refractivity contribution >= 4 is 12.1 Å². The Morgan fingerprint density at radius 3 is 2.62 bits per heavy atom. The number of nitrogens with zero attached hydrogens (tertiary/aromatic N) is 2. The Morgan fingerprint density at radius 2 is 2.05 bits per heavy atom. The molecule has 0 aliphatic rings. The van der Waals surface area contributed by atoms with Crippen LogP contribution in [0, 0.1) is 0 Å². The number of nitrogen functional groups attached to an aromatic ring is 1. The first-order valence-corrected chi connectivity index (χ1v) is 7.22. The van der Waals surface area contributed by atoms with Crippen LogP contribution in [0.25, 0.3) is 11.3 Å². The van der Waals surface area contributed by atoms with Crippen molar-refractivity contribution in [1.29, 1.82) is 0 Å². The third-order valence-corrected chi connectivity index (χ3v) is 3.44. The largest absolute Gasteiger partial charge is 0.396 e. The SMILES string of the molecule is CCCc1ccc(-c2nn(CCCO)c(N)c2C=O)cc1. The van der Waals surface area contributed by atoms with Gasteiger partial charge in [0.2, 0.25) is 0 Å². The predicted octanol–water partition coefficient (Wildman–Crippen LogP) is 2.28. The van der Waals surface area contributed by atoms with Gasteiger partial charge in [-0.3, -0.25) is 4.79 Å². The average Bonchev–Trinajstić information content (AvgIpc) is 2.82. The highest BCUT2D eigenvalue weighted by Crippen LogP contribution is 2.26. The molecular weight excluding hydrogens is 266 g/mol. The van der Waals surface area contributed by atoms with E-state index in [-0.39, 0.29) is 6.61 Å². The molecule has 0 amide bonds. The number of aliphatic hydroxyl groups is 1. The van der Waals surface area contributed by atoms with Crippen LogP contribution in [0.1, 0.15) is 35.7 Å². The molecule has 2 aromatic rings. The number of carbonyl (C=O) groups excluding carboxylic acids is 1. The van der Waals surface area contributed by atoms with Crippen molar-refractivity contribution in [3.8, 4) is 11.3 Å². The number of aryl methyl sites for hydroxylation is 2. The molecule has 2 rings (SSSR count). The summed E-state index contributed by atoms with van der Waals surface area (Å²) in [6.45, 7) is 2.70. The number of rotatable bonds is 7. The van der Waals surface area contributed by atoms with Crippen molar-refractivity contribution in [2.45, 2.75) is 32.7 Å². The molecule has 0 bridgehead atoms. The fourth-order valence-electron chi connectivity index (χ4n) is 2.33. The van der Waals surface area contributed by atoms with E-state index in [0.29, 0.717) is 30.0 Å². The predicted molar refractivity (Wildman–Crippen MR) is 83.2 cm³/mol. The van der Waals surface area contributed by atoms with Crippen molar-refractivity contribution in [1.82, 2.24) is 9.78 Å². The van der Waals surface area contributed by atoms with Gasteiger partial charge >= 0.3 is 0 Å². The van der Waals surface area contributed by atoms with E-state index < -0.39 is 0 Å². The van der Waals surface area contributed by atoms with Crippen molar-refractivity contribution in [3.05, 3.63) is 35.4 Å². The lowest BCUT2D eigenvalue weighted by Crippen LogP contribution is -2.06. The number of benzene rings is 1. The zero-order valence-electron chi connectivity index (χ0n) is 12.2. The van der Waals surface area contributed by atoms with Crippen LogP contribution in [0.15, 0.2) is 24.3 Å². The molecule has 1 heterocycles. The topological polar surface area (TPSA) is 81.1 Å². The minimum atomic E-state index is 0.0662. The highest BCUT2D eigenvalue weighted by atomic mass is 16.3. The molecule has 0 atom stereocenters. The fourth-order valence-corrected chi connectivity index (χ4v) is 2.33. The minimum absolute atomic E-state index is 0.0662. The van der Waals surface area contributed by atoms with Crippen LogP contribution < -0.4 is 5.73 Å². The van der Waals surface area contributed by atoms with Crippen LogP contribution in [0.3, 0.4) is 0 Å². The van der Waals surface area contributed by atoms with Crippen molar-refractivity contribution in [2.75, 3.05) is 12.3 Å². The Hall–Kier alpha value is -2.14. The molecule has 0 fully saturated rings. The van der Waals surface area contributed by atoms with E-state index in [1.165, 1.54) is 5.56 Å². The van der Waals surface area contributed by atoms with Crippen molar-refractivity contribution in [3.63, 3.8) is 0 Å². The van der Waals surface area contributed by atoms with Gasteiger partial charge < -0.3 is 10.8 Å². The van der Waals surface area contributed by atoms with Crippen LogP contribution in [-0.4, -0.2) is 27.8 Å². The Bertz CT molecular complexity index is 603.